The highest BCUT2D eigenvalue weighted by atomic mass is 16.5. The minimum atomic E-state index is -0.334. The summed E-state index contributed by atoms with van der Waals surface area (Å²) >= 11 is 0. The molecule has 5 aromatic rings. The summed E-state index contributed by atoms with van der Waals surface area (Å²) in [6, 6.07) is 21.7. The third-order valence-electron chi connectivity index (χ3n) is 5.41. The second-order valence-electron chi connectivity index (χ2n) is 7.45. The second-order valence-corrected chi connectivity index (χ2v) is 7.45. The number of hydrogen-bond acceptors (Lipinski definition) is 6. The molecule has 33 heavy (non-hydrogen) atoms. The number of anilines is 1. The number of nitrogens with zero attached hydrogens (tertiary/aromatic N) is 5. The maximum Gasteiger partial charge on any atom is 0.259 e. The van der Waals surface area contributed by atoms with Crippen molar-refractivity contribution in [3.05, 3.63) is 95.5 Å². The molecule has 5 rings (SSSR count). The van der Waals surface area contributed by atoms with Gasteiger partial charge < -0.3 is 9.42 Å². The number of benzene rings is 2. The van der Waals surface area contributed by atoms with Crippen LogP contribution in [0.15, 0.2) is 94.5 Å². The zero-order valence-corrected chi connectivity index (χ0v) is 17.8. The summed E-state index contributed by atoms with van der Waals surface area (Å²) in [6.45, 7) is -0.101. The van der Waals surface area contributed by atoms with Gasteiger partial charge in [0.15, 0.2) is 0 Å². The van der Waals surface area contributed by atoms with Crippen LogP contribution in [-0.4, -0.2) is 32.6 Å². The Bertz CT molecular complexity index is 1490. The third kappa shape index (κ3) is 3.89. The van der Waals surface area contributed by atoms with Crippen molar-refractivity contribution in [2.24, 2.45) is 0 Å². The quantitative estimate of drug-likeness (QED) is 0.415. The number of likely N-dealkylation sites (N-methyl/N-ethyl adjacent to an activating group) is 1. The average Bonchev–Trinajstić information content (AvgIpc) is 3.36. The van der Waals surface area contributed by atoms with Crippen LogP contribution in [0.25, 0.3) is 33.7 Å². The highest BCUT2D eigenvalue weighted by Crippen LogP contribution is 2.28. The average molecular weight is 437 g/mol. The molecule has 0 saturated heterocycles. The Morgan fingerprint density at radius 1 is 1.03 bits per heavy atom. The molecule has 0 fully saturated rings. The molecule has 1 amide bonds. The maximum atomic E-state index is 13.1. The molecule has 0 aliphatic heterocycles. The summed E-state index contributed by atoms with van der Waals surface area (Å²) in [5.41, 5.74) is 2.25. The lowest BCUT2D eigenvalue weighted by Crippen LogP contribution is -2.34. The number of rotatable bonds is 5. The molecule has 0 bridgehead atoms. The first-order valence-corrected chi connectivity index (χ1v) is 10.3. The minimum absolute atomic E-state index is 0.101. The lowest BCUT2D eigenvalue weighted by molar-refractivity contribution is -0.118. The SMILES string of the molecule is CN(C(=O)Cn1c(=O)cc(-c2nc(-c3cccnc3)no2)c2ccccc21)c1ccccc1. The molecule has 0 radical (unpaired) electrons. The fourth-order valence-corrected chi connectivity index (χ4v) is 3.66. The lowest BCUT2D eigenvalue weighted by atomic mass is 10.1. The van der Waals surface area contributed by atoms with Crippen LogP contribution >= 0.6 is 0 Å². The molecule has 0 saturated carbocycles. The lowest BCUT2D eigenvalue weighted by Gasteiger charge is -2.19. The van der Waals surface area contributed by atoms with Gasteiger partial charge in [0.2, 0.25) is 11.7 Å². The number of fused-ring (bicyclic) bond motifs is 1. The highest BCUT2D eigenvalue weighted by Gasteiger charge is 2.19. The molecular weight excluding hydrogens is 418 g/mol. The van der Waals surface area contributed by atoms with E-state index >= 15 is 0 Å². The number of pyridine rings is 2. The molecule has 0 unspecified atom stereocenters. The van der Waals surface area contributed by atoms with Crippen LogP contribution in [0, 0.1) is 0 Å². The van der Waals surface area contributed by atoms with Crippen LogP contribution in [0.1, 0.15) is 0 Å². The van der Waals surface area contributed by atoms with E-state index in [1.807, 2.05) is 54.6 Å². The Morgan fingerprint density at radius 3 is 2.61 bits per heavy atom. The van der Waals surface area contributed by atoms with Crippen molar-refractivity contribution in [1.82, 2.24) is 19.7 Å². The van der Waals surface area contributed by atoms with E-state index in [1.165, 1.54) is 15.5 Å². The Kier molecular flexibility index (Phi) is 5.24. The van der Waals surface area contributed by atoms with Crippen LogP contribution in [0.2, 0.25) is 0 Å². The van der Waals surface area contributed by atoms with Gasteiger partial charge in [-0.3, -0.25) is 19.1 Å². The van der Waals surface area contributed by atoms with Crippen molar-refractivity contribution in [3.8, 4) is 22.8 Å². The third-order valence-corrected chi connectivity index (χ3v) is 5.41. The first kappa shape index (κ1) is 20.3. The summed E-state index contributed by atoms with van der Waals surface area (Å²) < 4.78 is 6.93. The van der Waals surface area contributed by atoms with E-state index in [1.54, 1.807) is 31.6 Å². The van der Waals surface area contributed by atoms with Crippen LogP contribution in [0.5, 0.6) is 0 Å². The van der Waals surface area contributed by atoms with Crippen LogP contribution in [0.3, 0.4) is 0 Å². The first-order valence-electron chi connectivity index (χ1n) is 10.3. The Morgan fingerprint density at radius 2 is 1.82 bits per heavy atom. The van der Waals surface area contributed by atoms with Gasteiger partial charge in [0, 0.05) is 42.1 Å². The summed E-state index contributed by atoms with van der Waals surface area (Å²) in [6.07, 6.45) is 3.30. The summed E-state index contributed by atoms with van der Waals surface area (Å²) in [4.78, 5) is 36.1. The number of para-hydroxylation sites is 2. The first-order chi connectivity index (χ1) is 16.1. The standard InChI is InChI=1S/C25H19N5O3/c1-29(18-9-3-2-4-10-18)23(32)16-30-21-12-6-5-11-19(21)20(14-22(30)31)25-27-24(28-33-25)17-8-7-13-26-15-17/h2-15H,16H2,1H3. The van der Waals surface area contributed by atoms with Crippen LogP contribution < -0.4 is 10.5 Å². The van der Waals surface area contributed by atoms with E-state index in [0.717, 1.165) is 11.1 Å². The zero-order valence-electron chi connectivity index (χ0n) is 17.8. The number of carbonyl (C=O) groups is 1. The van der Waals surface area contributed by atoms with Gasteiger partial charge in [0.05, 0.1) is 11.1 Å². The smallest absolute Gasteiger partial charge is 0.259 e. The van der Waals surface area contributed by atoms with E-state index in [9.17, 15) is 9.59 Å². The number of hydrogen-bond donors (Lipinski definition) is 0. The van der Waals surface area contributed by atoms with Crippen LogP contribution in [-0.2, 0) is 11.3 Å². The van der Waals surface area contributed by atoms with E-state index in [-0.39, 0.29) is 23.9 Å². The van der Waals surface area contributed by atoms with E-state index in [0.29, 0.717) is 22.5 Å². The Balaban J connectivity index is 1.54. The van der Waals surface area contributed by atoms with E-state index in [2.05, 4.69) is 15.1 Å². The molecule has 8 nitrogen and oxygen atoms in total. The van der Waals surface area contributed by atoms with Crippen molar-refractivity contribution in [2.75, 3.05) is 11.9 Å². The van der Waals surface area contributed by atoms with Gasteiger partial charge >= 0.3 is 0 Å². The Labute approximate surface area is 188 Å². The summed E-state index contributed by atoms with van der Waals surface area (Å²) in [5.74, 6) is 0.394. The van der Waals surface area contributed by atoms with Crippen LogP contribution in [0.4, 0.5) is 5.69 Å². The van der Waals surface area contributed by atoms with E-state index < -0.39 is 0 Å². The van der Waals surface area contributed by atoms with Gasteiger partial charge in [-0.2, -0.15) is 4.98 Å². The molecule has 0 N–H and O–H groups in total. The van der Waals surface area contributed by atoms with Crippen molar-refractivity contribution in [3.63, 3.8) is 0 Å². The molecule has 3 aromatic heterocycles. The molecule has 0 atom stereocenters. The molecule has 0 aliphatic carbocycles. The maximum absolute atomic E-state index is 13.1. The van der Waals surface area contributed by atoms with Gasteiger partial charge in [0.1, 0.15) is 6.54 Å². The number of aromatic nitrogens is 4. The highest BCUT2D eigenvalue weighted by molar-refractivity contribution is 5.96. The minimum Gasteiger partial charge on any atom is -0.334 e. The van der Waals surface area contributed by atoms with Gasteiger partial charge in [-0.05, 0) is 30.3 Å². The number of amides is 1. The molecule has 3 heterocycles. The second kappa shape index (κ2) is 8.51. The molecular formula is C25H19N5O3. The van der Waals surface area contributed by atoms with Gasteiger partial charge in [-0.25, -0.2) is 0 Å². The van der Waals surface area contributed by atoms with Gasteiger partial charge in [-0.15, -0.1) is 0 Å². The van der Waals surface area contributed by atoms with Crippen molar-refractivity contribution < 1.29 is 9.32 Å². The molecule has 0 spiro atoms. The largest absolute Gasteiger partial charge is 0.334 e. The molecule has 162 valence electrons. The fraction of sp³-hybridized carbons (Fsp3) is 0.0800. The number of carbonyl (C=O) groups excluding carboxylic acids is 1. The summed E-state index contributed by atoms with van der Waals surface area (Å²) in [7, 11) is 1.69. The van der Waals surface area contributed by atoms with Crippen molar-refractivity contribution in [2.45, 2.75) is 6.54 Å². The fourth-order valence-electron chi connectivity index (χ4n) is 3.66. The topological polar surface area (TPSA) is 94.1 Å². The van der Waals surface area contributed by atoms with Gasteiger partial charge in [-0.1, -0.05) is 41.6 Å². The predicted molar refractivity (Wildman–Crippen MR) is 125 cm³/mol. The predicted octanol–water partition coefficient (Wildman–Crippen LogP) is 3.78. The van der Waals surface area contributed by atoms with Crippen molar-refractivity contribution >= 4 is 22.5 Å². The Hall–Kier alpha value is -4.59. The van der Waals surface area contributed by atoms with E-state index in [4.69, 9.17) is 4.52 Å². The monoisotopic (exact) mass is 437 g/mol. The normalized spacial score (nSPS) is 10.9. The van der Waals surface area contributed by atoms with Crippen molar-refractivity contribution in [1.29, 1.82) is 0 Å². The van der Waals surface area contributed by atoms with Gasteiger partial charge in [0.25, 0.3) is 11.4 Å². The zero-order chi connectivity index (χ0) is 22.8. The molecule has 0 aliphatic rings. The summed E-state index contributed by atoms with van der Waals surface area (Å²) in [5, 5.41) is 4.76. The molecule has 2 aromatic carbocycles. The molecule has 8 heteroatoms.